The highest BCUT2D eigenvalue weighted by atomic mass is 32.1. The first-order chi connectivity index (χ1) is 17.5. The standard InChI is InChI=1S/C26H35N5O4S/c1-18(32)28-24-23(20-5-3-2-4-6-22(20)36-24)26(34)29-10-7-19(8-11-29)31-12-9-27-21(17-31)25(33)30-13-15-35-16-14-30/h2-5,19,21,27H,6-17H2,1H3,(H,28,32). The quantitative estimate of drug-likeness (QED) is 0.635. The van der Waals surface area contributed by atoms with Gasteiger partial charge in [0.05, 0.1) is 24.8 Å². The van der Waals surface area contributed by atoms with Gasteiger partial charge in [-0.25, -0.2) is 0 Å². The Kier molecular flexibility index (Phi) is 7.85. The number of thiophene rings is 1. The van der Waals surface area contributed by atoms with Crippen LogP contribution in [0.3, 0.4) is 0 Å². The van der Waals surface area contributed by atoms with Crippen LogP contribution in [0.5, 0.6) is 0 Å². The third-order valence-electron chi connectivity index (χ3n) is 7.43. The van der Waals surface area contributed by atoms with Crippen LogP contribution in [0.25, 0.3) is 6.08 Å². The summed E-state index contributed by atoms with van der Waals surface area (Å²) in [5, 5.41) is 6.94. The van der Waals surface area contributed by atoms with Crippen molar-refractivity contribution in [3.63, 3.8) is 0 Å². The number of ether oxygens (including phenoxy) is 1. The van der Waals surface area contributed by atoms with E-state index in [1.807, 2.05) is 28.0 Å². The Morgan fingerprint density at radius 2 is 1.83 bits per heavy atom. The number of hydrogen-bond donors (Lipinski definition) is 2. The zero-order chi connectivity index (χ0) is 25.1. The number of anilines is 1. The number of morpholine rings is 1. The average molecular weight is 514 g/mol. The molecule has 0 radical (unpaired) electrons. The van der Waals surface area contributed by atoms with Gasteiger partial charge in [0.15, 0.2) is 0 Å². The summed E-state index contributed by atoms with van der Waals surface area (Å²) < 4.78 is 5.39. The number of fused-ring (bicyclic) bond motifs is 1. The normalized spacial score (nSPS) is 23.3. The molecule has 1 aliphatic carbocycles. The van der Waals surface area contributed by atoms with E-state index in [-0.39, 0.29) is 23.8 Å². The van der Waals surface area contributed by atoms with Crippen molar-refractivity contribution in [1.82, 2.24) is 20.0 Å². The summed E-state index contributed by atoms with van der Waals surface area (Å²) in [4.78, 5) is 45.9. The van der Waals surface area contributed by atoms with Crippen molar-refractivity contribution in [3.05, 3.63) is 34.2 Å². The molecule has 3 saturated heterocycles. The van der Waals surface area contributed by atoms with Crippen LogP contribution in [0.15, 0.2) is 18.2 Å². The summed E-state index contributed by atoms with van der Waals surface area (Å²) >= 11 is 1.49. The molecule has 0 saturated carbocycles. The van der Waals surface area contributed by atoms with E-state index >= 15 is 0 Å². The first kappa shape index (κ1) is 25.1. The number of rotatable bonds is 4. The molecule has 4 aliphatic rings. The number of piperidine rings is 1. The zero-order valence-corrected chi connectivity index (χ0v) is 21.6. The molecule has 2 N–H and O–H groups in total. The Hall–Kier alpha value is -2.53. The van der Waals surface area contributed by atoms with Gasteiger partial charge in [-0.2, -0.15) is 0 Å². The van der Waals surface area contributed by atoms with Gasteiger partial charge in [-0.3, -0.25) is 19.3 Å². The van der Waals surface area contributed by atoms with E-state index < -0.39 is 0 Å². The summed E-state index contributed by atoms with van der Waals surface area (Å²) in [6.45, 7) is 7.77. The molecule has 1 aromatic rings. The molecule has 4 heterocycles. The maximum absolute atomic E-state index is 13.7. The van der Waals surface area contributed by atoms with Crippen molar-refractivity contribution in [3.8, 4) is 0 Å². The van der Waals surface area contributed by atoms with Crippen molar-refractivity contribution in [2.75, 3.05) is 64.3 Å². The van der Waals surface area contributed by atoms with Crippen molar-refractivity contribution in [1.29, 1.82) is 0 Å². The lowest BCUT2D eigenvalue weighted by molar-refractivity contribution is -0.139. The van der Waals surface area contributed by atoms with E-state index in [1.54, 1.807) is 0 Å². The van der Waals surface area contributed by atoms with Gasteiger partial charge in [-0.1, -0.05) is 24.3 Å². The Morgan fingerprint density at radius 3 is 2.58 bits per heavy atom. The molecule has 194 valence electrons. The summed E-state index contributed by atoms with van der Waals surface area (Å²) in [5.41, 5.74) is 1.54. The molecule has 1 aromatic heterocycles. The van der Waals surface area contributed by atoms with E-state index in [9.17, 15) is 14.4 Å². The van der Waals surface area contributed by atoms with Gasteiger partial charge in [-0.15, -0.1) is 11.3 Å². The maximum Gasteiger partial charge on any atom is 0.257 e. The molecule has 0 spiro atoms. The summed E-state index contributed by atoms with van der Waals surface area (Å²) in [7, 11) is 0. The Balaban J connectivity index is 1.22. The van der Waals surface area contributed by atoms with Crippen LogP contribution in [0, 0.1) is 0 Å². The first-order valence-corrected chi connectivity index (χ1v) is 13.7. The third-order valence-corrected chi connectivity index (χ3v) is 8.58. The first-order valence-electron chi connectivity index (χ1n) is 12.9. The van der Waals surface area contributed by atoms with E-state index in [2.05, 4.69) is 21.6 Å². The number of carbonyl (C=O) groups is 3. The highest BCUT2D eigenvalue weighted by molar-refractivity contribution is 7.17. The van der Waals surface area contributed by atoms with Crippen molar-refractivity contribution < 1.29 is 19.1 Å². The van der Waals surface area contributed by atoms with Crippen LogP contribution in [0.1, 0.15) is 40.6 Å². The van der Waals surface area contributed by atoms with Crippen LogP contribution in [0.4, 0.5) is 5.00 Å². The minimum Gasteiger partial charge on any atom is -0.378 e. The van der Waals surface area contributed by atoms with Crippen LogP contribution >= 0.6 is 11.3 Å². The van der Waals surface area contributed by atoms with E-state index in [0.29, 0.717) is 62.5 Å². The SMILES string of the molecule is CC(=O)Nc1sc2c(c1C(=O)N1CCC(N3CCNC(C(=O)N4CCOCC4)C3)CC1)C=CC=CC2. The van der Waals surface area contributed by atoms with Gasteiger partial charge in [0, 0.05) is 75.6 Å². The molecular formula is C26H35N5O4S. The van der Waals surface area contributed by atoms with Gasteiger partial charge in [0.25, 0.3) is 5.91 Å². The van der Waals surface area contributed by atoms with Gasteiger partial charge >= 0.3 is 0 Å². The minimum absolute atomic E-state index is 0.0121. The number of nitrogens with one attached hydrogen (secondary N) is 2. The second-order valence-electron chi connectivity index (χ2n) is 9.78. The molecule has 0 bridgehead atoms. The van der Waals surface area contributed by atoms with Crippen molar-refractivity contribution in [2.45, 2.75) is 38.3 Å². The average Bonchev–Trinajstić information content (AvgIpc) is 3.07. The third kappa shape index (κ3) is 5.41. The van der Waals surface area contributed by atoms with Crippen LogP contribution in [-0.2, 0) is 20.7 Å². The number of nitrogens with zero attached hydrogens (tertiary/aromatic N) is 3. The molecular weight excluding hydrogens is 478 g/mol. The largest absolute Gasteiger partial charge is 0.378 e. The van der Waals surface area contributed by atoms with Gasteiger partial charge in [0.1, 0.15) is 5.00 Å². The fourth-order valence-electron chi connectivity index (χ4n) is 5.55. The lowest BCUT2D eigenvalue weighted by atomic mass is 9.99. The van der Waals surface area contributed by atoms with Gasteiger partial charge in [-0.05, 0) is 12.8 Å². The topological polar surface area (TPSA) is 94.2 Å². The molecule has 3 amide bonds. The highest BCUT2D eigenvalue weighted by Crippen LogP contribution is 2.37. The molecule has 9 nitrogen and oxygen atoms in total. The van der Waals surface area contributed by atoms with Gasteiger partial charge in [0.2, 0.25) is 11.8 Å². The van der Waals surface area contributed by atoms with E-state index in [1.165, 1.54) is 18.3 Å². The number of amides is 3. The van der Waals surface area contributed by atoms with Crippen LogP contribution < -0.4 is 10.6 Å². The van der Waals surface area contributed by atoms with E-state index in [0.717, 1.165) is 42.8 Å². The molecule has 10 heteroatoms. The number of carbonyl (C=O) groups excluding carboxylic acids is 3. The predicted molar refractivity (Wildman–Crippen MR) is 140 cm³/mol. The van der Waals surface area contributed by atoms with Crippen molar-refractivity contribution in [2.24, 2.45) is 0 Å². The molecule has 0 aromatic carbocycles. The summed E-state index contributed by atoms with van der Waals surface area (Å²) in [5.74, 6) is -0.0117. The fourth-order valence-corrected chi connectivity index (χ4v) is 6.75. The fraction of sp³-hybridized carbons (Fsp3) is 0.577. The van der Waals surface area contributed by atoms with Gasteiger partial charge < -0.3 is 25.2 Å². The van der Waals surface area contributed by atoms with E-state index in [4.69, 9.17) is 4.74 Å². The van der Waals surface area contributed by atoms with Crippen LogP contribution in [-0.4, -0.2) is 104 Å². The summed E-state index contributed by atoms with van der Waals surface area (Å²) in [6, 6.07) is 0.174. The second kappa shape index (κ2) is 11.2. The number of likely N-dealkylation sites (tertiary alicyclic amines) is 1. The predicted octanol–water partition coefficient (Wildman–Crippen LogP) is 1.57. The minimum atomic E-state index is -0.182. The number of hydrogen-bond acceptors (Lipinski definition) is 7. The second-order valence-corrected chi connectivity index (χ2v) is 10.9. The molecule has 3 fully saturated rings. The van der Waals surface area contributed by atoms with Crippen molar-refractivity contribution >= 4 is 40.1 Å². The molecule has 5 rings (SSSR count). The molecule has 36 heavy (non-hydrogen) atoms. The smallest absolute Gasteiger partial charge is 0.257 e. The molecule has 1 atom stereocenters. The van der Waals surface area contributed by atoms with Crippen LogP contribution in [0.2, 0.25) is 0 Å². The Bertz CT molecular complexity index is 1050. The monoisotopic (exact) mass is 513 g/mol. The number of allylic oxidation sites excluding steroid dienone is 3. The zero-order valence-electron chi connectivity index (χ0n) is 20.8. The Labute approximate surface area is 216 Å². The molecule has 3 aliphatic heterocycles. The Morgan fingerprint density at radius 1 is 1.06 bits per heavy atom. The lowest BCUT2D eigenvalue weighted by Crippen LogP contribution is -2.61. The maximum atomic E-state index is 13.7. The lowest BCUT2D eigenvalue weighted by Gasteiger charge is -2.43. The summed E-state index contributed by atoms with van der Waals surface area (Å²) in [6.07, 6.45) is 10.5. The number of piperazine rings is 1. The highest BCUT2D eigenvalue weighted by Gasteiger charge is 2.35. The molecule has 1 unspecified atom stereocenters.